The molecule has 1 aromatic rings. The zero-order valence-electron chi connectivity index (χ0n) is 16.3. The number of β-amino-alcohol motifs (C(OH)–C–C–N with tert-alkyl or cyclic N) is 1. The number of carbonyl (C=O) groups excluding carboxylic acids is 1. The predicted molar refractivity (Wildman–Crippen MR) is 99.1 cm³/mol. The maximum absolute atomic E-state index is 13.1. The van der Waals surface area contributed by atoms with Crippen molar-refractivity contribution in [2.75, 3.05) is 45.9 Å². The van der Waals surface area contributed by atoms with Gasteiger partial charge in [0, 0.05) is 20.1 Å². The maximum atomic E-state index is 13.1. The molecule has 0 unspecified atom stereocenters. The van der Waals surface area contributed by atoms with Crippen LogP contribution in [0.25, 0.3) is 0 Å². The van der Waals surface area contributed by atoms with E-state index in [1.165, 1.54) is 12.8 Å². The van der Waals surface area contributed by atoms with Crippen molar-refractivity contribution in [3.8, 4) is 0 Å². The molecule has 2 aliphatic rings. The van der Waals surface area contributed by atoms with Crippen molar-refractivity contribution >= 4 is 5.91 Å². The second-order valence-corrected chi connectivity index (χ2v) is 8.23. The highest BCUT2D eigenvalue weighted by Crippen LogP contribution is 2.20. The summed E-state index contributed by atoms with van der Waals surface area (Å²) in [6.07, 6.45) is 3.20. The van der Waals surface area contributed by atoms with E-state index in [9.17, 15) is 9.90 Å². The standard InChI is InChI=1S/C19H32N4O3/c1-15(2)10-16-11-17(21(3)20-16)18(24)23-8-9-26-14-19(25,13-23)12-22-6-4-5-7-22/h11,15,25H,4-10,12-14H2,1-3H3/t19-/m1/s1. The molecule has 146 valence electrons. The predicted octanol–water partition coefficient (Wildman–Crippen LogP) is 0.918. The number of aromatic nitrogens is 2. The third-order valence-electron chi connectivity index (χ3n) is 5.13. The molecule has 2 fully saturated rings. The minimum absolute atomic E-state index is 0.0830. The molecule has 1 atom stereocenters. The fraction of sp³-hybridized carbons (Fsp3) is 0.789. The van der Waals surface area contributed by atoms with Crippen LogP contribution in [0.5, 0.6) is 0 Å². The molecule has 3 rings (SSSR count). The number of carbonyl (C=O) groups is 1. The van der Waals surface area contributed by atoms with Crippen LogP contribution in [0.1, 0.15) is 42.9 Å². The van der Waals surface area contributed by atoms with Gasteiger partial charge in [-0.2, -0.15) is 5.10 Å². The summed E-state index contributed by atoms with van der Waals surface area (Å²) in [6, 6.07) is 1.88. The largest absolute Gasteiger partial charge is 0.384 e. The molecule has 0 radical (unpaired) electrons. The van der Waals surface area contributed by atoms with Crippen LogP contribution in [0.3, 0.4) is 0 Å². The zero-order chi connectivity index (χ0) is 18.7. The molecule has 26 heavy (non-hydrogen) atoms. The molecule has 3 heterocycles. The summed E-state index contributed by atoms with van der Waals surface area (Å²) in [7, 11) is 1.81. The lowest BCUT2D eigenvalue weighted by atomic mass is 10.0. The summed E-state index contributed by atoms with van der Waals surface area (Å²) < 4.78 is 7.29. The Morgan fingerprint density at radius 1 is 1.35 bits per heavy atom. The number of hydrogen-bond acceptors (Lipinski definition) is 5. The number of nitrogens with zero attached hydrogens (tertiary/aromatic N) is 4. The first-order chi connectivity index (χ1) is 12.4. The topological polar surface area (TPSA) is 70.8 Å². The van der Waals surface area contributed by atoms with Crippen LogP contribution in [0.4, 0.5) is 0 Å². The van der Waals surface area contributed by atoms with Gasteiger partial charge in [-0.25, -0.2) is 0 Å². The maximum Gasteiger partial charge on any atom is 0.272 e. The quantitative estimate of drug-likeness (QED) is 0.841. The van der Waals surface area contributed by atoms with Gasteiger partial charge in [-0.05, 0) is 44.3 Å². The molecule has 7 nitrogen and oxygen atoms in total. The number of aliphatic hydroxyl groups is 1. The Bertz CT molecular complexity index is 624. The summed E-state index contributed by atoms with van der Waals surface area (Å²) in [5, 5.41) is 15.6. The zero-order valence-corrected chi connectivity index (χ0v) is 16.3. The third-order valence-corrected chi connectivity index (χ3v) is 5.13. The van der Waals surface area contributed by atoms with Gasteiger partial charge in [-0.1, -0.05) is 13.8 Å². The molecule has 2 aliphatic heterocycles. The van der Waals surface area contributed by atoms with E-state index in [1.54, 1.807) is 9.58 Å². The Morgan fingerprint density at radius 3 is 2.77 bits per heavy atom. The van der Waals surface area contributed by atoms with E-state index in [0.717, 1.165) is 25.2 Å². The SMILES string of the molecule is CC(C)Cc1cc(C(=O)N2CCOC[C@@](O)(CN3CCCC3)C2)n(C)n1. The lowest BCUT2D eigenvalue weighted by Gasteiger charge is -2.33. The monoisotopic (exact) mass is 364 g/mol. The van der Waals surface area contributed by atoms with Crippen molar-refractivity contribution < 1.29 is 14.6 Å². The number of amides is 1. The molecule has 0 aromatic carbocycles. The van der Waals surface area contributed by atoms with Gasteiger partial charge < -0.3 is 19.6 Å². The van der Waals surface area contributed by atoms with E-state index in [4.69, 9.17) is 4.74 Å². The molecule has 1 aromatic heterocycles. The normalized spacial score (nSPS) is 25.0. The average Bonchev–Trinajstić information content (AvgIpc) is 3.13. The minimum Gasteiger partial charge on any atom is -0.384 e. The molecule has 0 spiro atoms. The summed E-state index contributed by atoms with van der Waals surface area (Å²) >= 11 is 0. The Balaban J connectivity index is 1.72. The van der Waals surface area contributed by atoms with E-state index in [-0.39, 0.29) is 12.5 Å². The highest BCUT2D eigenvalue weighted by molar-refractivity contribution is 5.92. The number of likely N-dealkylation sites (tertiary alicyclic amines) is 1. The van der Waals surface area contributed by atoms with E-state index >= 15 is 0 Å². The van der Waals surface area contributed by atoms with Crippen molar-refractivity contribution in [3.63, 3.8) is 0 Å². The first kappa shape index (κ1) is 19.3. The summed E-state index contributed by atoms with van der Waals surface area (Å²) in [4.78, 5) is 17.1. The second-order valence-electron chi connectivity index (χ2n) is 8.23. The van der Waals surface area contributed by atoms with Gasteiger partial charge in [0.05, 0.1) is 25.5 Å². The van der Waals surface area contributed by atoms with Gasteiger partial charge in [0.25, 0.3) is 5.91 Å². The Kier molecular flexibility index (Phi) is 5.99. The van der Waals surface area contributed by atoms with E-state index in [2.05, 4.69) is 23.8 Å². The number of ether oxygens (including phenoxy) is 1. The average molecular weight is 364 g/mol. The molecular weight excluding hydrogens is 332 g/mol. The van der Waals surface area contributed by atoms with Crippen LogP contribution in [0, 0.1) is 5.92 Å². The number of rotatable bonds is 5. The Labute approximate surface area is 155 Å². The van der Waals surface area contributed by atoms with Gasteiger partial charge in [0.1, 0.15) is 11.3 Å². The molecule has 0 saturated carbocycles. The van der Waals surface area contributed by atoms with Crippen molar-refractivity contribution in [3.05, 3.63) is 17.5 Å². The highest BCUT2D eigenvalue weighted by atomic mass is 16.5. The molecule has 2 saturated heterocycles. The lowest BCUT2D eigenvalue weighted by Crippen LogP contribution is -2.53. The first-order valence-electron chi connectivity index (χ1n) is 9.71. The van der Waals surface area contributed by atoms with Crippen molar-refractivity contribution in [2.45, 2.75) is 38.7 Å². The van der Waals surface area contributed by atoms with E-state index in [1.807, 2.05) is 13.1 Å². The van der Waals surface area contributed by atoms with Gasteiger partial charge in [0.15, 0.2) is 0 Å². The van der Waals surface area contributed by atoms with Crippen LogP contribution >= 0.6 is 0 Å². The molecular formula is C19H32N4O3. The third kappa shape index (κ3) is 4.64. The Morgan fingerprint density at radius 2 is 2.08 bits per heavy atom. The van der Waals surface area contributed by atoms with Crippen LogP contribution in [-0.2, 0) is 18.2 Å². The van der Waals surface area contributed by atoms with Gasteiger partial charge >= 0.3 is 0 Å². The highest BCUT2D eigenvalue weighted by Gasteiger charge is 2.37. The first-order valence-corrected chi connectivity index (χ1v) is 9.71. The van der Waals surface area contributed by atoms with Gasteiger partial charge in [0.2, 0.25) is 0 Å². The van der Waals surface area contributed by atoms with Crippen molar-refractivity contribution in [2.24, 2.45) is 13.0 Å². The summed E-state index contributed by atoms with van der Waals surface area (Å²) in [5.41, 5.74) is 0.492. The molecule has 7 heteroatoms. The van der Waals surface area contributed by atoms with Gasteiger partial charge in [-0.3, -0.25) is 9.48 Å². The molecule has 1 N–H and O–H groups in total. The smallest absolute Gasteiger partial charge is 0.272 e. The Hall–Kier alpha value is -1.44. The van der Waals surface area contributed by atoms with Crippen LogP contribution in [-0.4, -0.2) is 82.1 Å². The van der Waals surface area contributed by atoms with E-state index < -0.39 is 5.60 Å². The van der Waals surface area contributed by atoms with Crippen molar-refractivity contribution in [1.82, 2.24) is 19.6 Å². The minimum atomic E-state index is -1.02. The number of aryl methyl sites for hydroxylation is 1. The van der Waals surface area contributed by atoms with Gasteiger partial charge in [-0.15, -0.1) is 0 Å². The fourth-order valence-electron chi connectivity index (χ4n) is 3.95. The van der Waals surface area contributed by atoms with E-state index in [0.29, 0.717) is 37.9 Å². The lowest BCUT2D eigenvalue weighted by molar-refractivity contribution is -0.0525. The number of hydrogen-bond donors (Lipinski definition) is 1. The second kappa shape index (κ2) is 8.06. The summed E-state index contributed by atoms with van der Waals surface area (Å²) in [5.74, 6) is 0.408. The molecule has 1 amide bonds. The molecule has 0 aliphatic carbocycles. The molecule has 0 bridgehead atoms. The van der Waals surface area contributed by atoms with Crippen LogP contribution in [0.15, 0.2) is 6.07 Å². The fourth-order valence-corrected chi connectivity index (χ4v) is 3.95. The van der Waals surface area contributed by atoms with Crippen LogP contribution < -0.4 is 0 Å². The summed E-state index contributed by atoms with van der Waals surface area (Å²) in [6.45, 7) is 8.37. The van der Waals surface area contributed by atoms with Crippen LogP contribution in [0.2, 0.25) is 0 Å². The van der Waals surface area contributed by atoms with Crippen molar-refractivity contribution in [1.29, 1.82) is 0 Å².